The van der Waals surface area contributed by atoms with E-state index in [1.54, 1.807) is 0 Å². The monoisotopic (exact) mass is 916 g/mol. The summed E-state index contributed by atoms with van der Waals surface area (Å²) in [6.45, 7) is 9.52. The first-order chi connectivity index (χ1) is 30.2. The second-order valence-electron chi connectivity index (χ2n) is 21.4. The maximum Gasteiger partial charge on any atom is 0.187 e. The summed E-state index contributed by atoms with van der Waals surface area (Å²) < 4.78 is 49.6. The first-order valence-corrected chi connectivity index (χ1v) is 23.5. The van der Waals surface area contributed by atoms with Gasteiger partial charge in [-0.05, 0) is 74.5 Å². The lowest BCUT2D eigenvalue weighted by Gasteiger charge is -2.62. The molecule has 5 aliphatic heterocycles. The van der Waals surface area contributed by atoms with E-state index in [1.165, 1.54) is 12.5 Å². The number of hydrogen-bond donors (Lipinski definition) is 11. The van der Waals surface area contributed by atoms with Crippen LogP contribution in [0.4, 0.5) is 0 Å². The lowest BCUT2D eigenvalue weighted by atomic mass is 9.45. The van der Waals surface area contributed by atoms with Crippen LogP contribution in [0.15, 0.2) is 11.6 Å². The Morgan fingerprint density at radius 1 is 0.688 bits per heavy atom. The fourth-order valence-corrected chi connectivity index (χ4v) is 13.9. The Balaban J connectivity index is 0.973. The van der Waals surface area contributed by atoms with E-state index >= 15 is 0 Å². The topological polar surface area (TPSA) is 296 Å². The van der Waals surface area contributed by atoms with E-state index in [-0.39, 0.29) is 48.5 Å². The van der Waals surface area contributed by atoms with E-state index in [1.807, 2.05) is 6.92 Å². The Morgan fingerprint density at radius 3 is 2.00 bits per heavy atom. The third-order valence-electron chi connectivity index (χ3n) is 17.8. The second-order valence-corrected chi connectivity index (χ2v) is 21.4. The molecule has 0 amide bonds. The van der Waals surface area contributed by atoms with Gasteiger partial charge < -0.3 is 94.1 Å². The highest BCUT2D eigenvalue weighted by molar-refractivity contribution is 5.32. The Hall–Kier alpha value is -1.02. The van der Waals surface area contributed by atoms with Crippen molar-refractivity contribution in [1.29, 1.82) is 0 Å². The maximum absolute atomic E-state index is 12.8. The summed E-state index contributed by atoms with van der Waals surface area (Å²) in [5, 5.41) is 121. The number of aliphatic hydroxyl groups is 11. The van der Waals surface area contributed by atoms with Crippen molar-refractivity contribution in [2.24, 2.45) is 40.4 Å². The van der Waals surface area contributed by atoms with Crippen molar-refractivity contribution < 1.29 is 94.1 Å². The number of allylic oxidation sites excluding steroid dienone is 1. The lowest BCUT2D eigenvalue weighted by molar-refractivity contribution is -0.398. The molecule has 0 aromatic heterocycles. The minimum Gasteiger partial charge on any atom is -0.394 e. The van der Waals surface area contributed by atoms with Gasteiger partial charge in [0.05, 0.1) is 49.8 Å². The Morgan fingerprint density at radius 2 is 1.33 bits per heavy atom. The molecule has 9 aliphatic rings. The fraction of sp³-hybridized carbons (Fsp3) is 0.956. The summed E-state index contributed by atoms with van der Waals surface area (Å²) in [7, 11) is 0. The van der Waals surface area contributed by atoms with Crippen LogP contribution < -0.4 is 0 Å². The molecule has 1 spiro atoms. The Kier molecular flexibility index (Phi) is 13.1. The van der Waals surface area contributed by atoms with Gasteiger partial charge in [-0.1, -0.05) is 39.3 Å². The second kappa shape index (κ2) is 17.4. The van der Waals surface area contributed by atoms with E-state index in [0.29, 0.717) is 18.4 Å². The standard InChI is InChI=1S/C45H72O19/c1-18-6-11-45(57-17-18)19(2)29-25(64-45)12-23-21-7-10-44(56)14-26(24(48)13-43(44,5)22(21)8-9-42(23,29)4)59-41-38(63-39-35(54)33(52)30(49)20(3)58-39)37(32(51)28(16-47)61-41)62-40-36(55)34(53)31(50)27(15-46)60-40/h7,18-20,22-41,46-56H,6,8-17H2,1-5H3. The average Bonchev–Trinajstić information content (AvgIpc) is 3.71. The van der Waals surface area contributed by atoms with Crippen molar-refractivity contribution in [2.45, 2.75) is 208 Å². The van der Waals surface area contributed by atoms with Crippen molar-refractivity contribution >= 4 is 0 Å². The Labute approximate surface area is 373 Å². The van der Waals surface area contributed by atoms with Crippen LogP contribution in [0.1, 0.15) is 86.0 Å². The molecule has 64 heavy (non-hydrogen) atoms. The third-order valence-corrected chi connectivity index (χ3v) is 17.8. The van der Waals surface area contributed by atoms with Crippen molar-refractivity contribution in [3.8, 4) is 0 Å². The number of hydrogen-bond acceptors (Lipinski definition) is 19. The van der Waals surface area contributed by atoms with Crippen LogP contribution >= 0.6 is 0 Å². The predicted molar refractivity (Wildman–Crippen MR) is 217 cm³/mol. The SMILES string of the molecule is CC1CCC2(OC1)OC1CC3C4=CCC5(O)CC(OC6OC(CO)C(O)C(OC7OC(CO)C(O)C(O)C7O)C6OC6OC(C)C(O)C(O)C6O)C(O)CC5(C)C4CCC3(C)C1C2C. The summed E-state index contributed by atoms with van der Waals surface area (Å²) in [5.41, 5.74) is -0.834. The zero-order valence-electron chi connectivity index (χ0n) is 37.3. The minimum atomic E-state index is -1.92. The lowest BCUT2D eigenvalue weighted by Crippen LogP contribution is -2.68. The highest BCUT2D eigenvalue weighted by atomic mass is 16.8. The molecule has 11 N–H and O–H groups in total. The van der Waals surface area contributed by atoms with Crippen LogP contribution in [0.5, 0.6) is 0 Å². The molecule has 9 rings (SSSR count). The quantitative estimate of drug-likeness (QED) is 0.121. The van der Waals surface area contributed by atoms with Crippen molar-refractivity contribution in [3.05, 3.63) is 11.6 Å². The molecule has 0 radical (unpaired) electrons. The van der Waals surface area contributed by atoms with Gasteiger partial charge in [0.1, 0.15) is 67.1 Å². The molecule has 27 unspecified atom stereocenters. The van der Waals surface area contributed by atoms with Crippen LogP contribution in [0.3, 0.4) is 0 Å². The van der Waals surface area contributed by atoms with Crippen molar-refractivity contribution in [2.75, 3.05) is 19.8 Å². The van der Waals surface area contributed by atoms with Crippen LogP contribution in [0, 0.1) is 40.4 Å². The molecular weight excluding hydrogens is 844 g/mol. The van der Waals surface area contributed by atoms with Gasteiger partial charge in [-0.25, -0.2) is 0 Å². The molecule has 0 bridgehead atoms. The van der Waals surface area contributed by atoms with E-state index in [4.69, 9.17) is 37.9 Å². The molecule has 8 fully saturated rings. The summed E-state index contributed by atoms with van der Waals surface area (Å²) in [6, 6.07) is 0. The summed E-state index contributed by atoms with van der Waals surface area (Å²) in [4.78, 5) is 0. The van der Waals surface area contributed by atoms with Gasteiger partial charge in [-0.15, -0.1) is 0 Å². The van der Waals surface area contributed by atoms with Gasteiger partial charge in [0.25, 0.3) is 0 Å². The molecule has 3 saturated carbocycles. The highest BCUT2D eigenvalue weighted by Crippen LogP contribution is 2.71. The van der Waals surface area contributed by atoms with E-state index in [0.717, 1.165) is 32.1 Å². The Bertz CT molecular complexity index is 1700. The molecule has 0 aromatic rings. The van der Waals surface area contributed by atoms with E-state index in [9.17, 15) is 56.2 Å². The third kappa shape index (κ3) is 7.50. The normalized spacial score (nSPS) is 58.6. The molecular formula is C45H72O19. The molecule has 5 saturated heterocycles. The van der Waals surface area contributed by atoms with Crippen LogP contribution in [-0.2, 0) is 37.9 Å². The van der Waals surface area contributed by atoms with Crippen molar-refractivity contribution in [3.63, 3.8) is 0 Å². The number of ether oxygens (including phenoxy) is 8. The average molecular weight is 917 g/mol. The summed E-state index contributed by atoms with van der Waals surface area (Å²) in [6.07, 6.45) is -19.9. The van der Waals surface area contributed by atoms with Gasteiger partial charge in [-0.2, -0.15) is 0 Å². The van der Waals surface area contributed by atoms with Gasteiger partial charge in [0.2, 0.25) is 0 Å². The van der Waals surface area contributed by atoms with Gasteiger partial charge in [0.15, 0.2) is 24.7 Å². The molecule has 27 atom stereocenters. The number of fused-ring (bicyclic) bond motifs is 7. The van der Waals surface area contributed by atoms with Crippen molar-refractivity contribution in [1.82, 2.24) is 0 Å². The predicted octanol–water partition coefficient (Wildman–Crippen LogP) is -1.70. The molecule has 19 heteroatoms. The zero-order valence-corrected chi connectivity index (χ0v) is 37.3. The molecule has 0 aromatic carbocycles. The first kappa shape index (κ1) is 48.0. The van der Waals surface area contributed by atoms with Crippen LogP contribution in [0.25, 0.3) is 0 Å². The van der Waals surface area contributed by atoms with E-state index < -0.39 is 134 Å². The minimum absolute atomic E-state index is 0.0238. The molecule has 5 heterocycles. The smallest absolute Gasteiger partial charge is 0.187 e. The van der Waals surface area contributed by atoms with Gasteiger partial charge >= 0.3 is 0 Å². The zero-order chi connectivity index (χ0) is 46.0. The van der Waals surface area contributed by atoms with Crippen LogP contribution in [-0.4, -0.2) is 198 Å². The van der Waals surface area contributed by atoms with Gasteiger partial charge in [-0.3, -0.25) is 0 Å². The van der Waals surface area contributed by atoms with E-state index in [2.05, 4.69) is 26.8 Å². The number of rotatable bonds is 8. The molecule has 366 valence electrons. The fourth-order valence-electron chi connectivity index (χ4n) is 13.9. The molecule has 19 nitrogen and oxygen atoms in total. The largest absolute Gasteiger partial charge is 0.394 e. The number of aliphatic hydroxyl groups excluding tert-OH is 10. The van der Waals surface area contributed by atoms with Gasteiger partial charge in [0, 0.05) is 24.2 Å². The summed E-state index contributed by atoms with van der Waals surface area (Å²) >= 11 is 0. The summed E-state index contributed by atoms with van der Waals surface area (Å²) in [5.74, 6) is 0.742. The highest BCUT2D eigenvalue weighted by Gasteiger charge is 2.70. The first-order valence-electron chi connectivity index (χ1n) is 23.5. The van der Waals surface area contributed by atoms with Crippen LogP contribution in [0.2, 0.25) is 0 Å². The molecule has 4 aliphatic carbocycles. The maximum atomic E-state index is 12.8.